The van der Waals surface area contributed by atoms with Gasteiger partial charge in [0, 0.05) is 11.8 Å². The Kier molecular flexibility index (Phi) is 6.33. The van der Waals surface area contributed by atoms with Crippen molar-refractivity contribution in [1.29, 1.82) is 0 Å². The minimum absolute atomic E-state index is 0.294. The van der Waals surface area contributed by atoms with Gasteiger partial charge in [-0.3, -0.25) is 0 Å². The normalized spacial score (nSPS) is 11.0. The summed E-state index contributed by atoms with van der Waals surface area (Å²) in [6, 6.07) is 11.0. The Bertz CT molecular complexity index is 747. The molecule has 0 fully saturated rings. The van der Waals surface area contributed by atoms with E-state index in [1.807, 2.05) is 24.3 Å². The average Bonchev–Trinajstić information content (AvgIpc) is 2.65. The lowest BCUT2D eigenvalue weighted by Crippen LogP contribution is -2.22. The average molecular weight is 345 g/mol. The van der Waals surface area contributed by atoms with Gasteiger partial charge in [-0.25, -0.2) is 4.99 Å². The molecular formula is C18H23N3O4. The predicted molar refractivity (Wildman–Crippen MR) is 98.0 cm³/mol. The van der Waals surface area contributed by atoms with Gasteiger partial charge in [0.05, 0.1) is 35.0 Å². The Hall–Kier alpha value is -3.09. The topological polar surface area (TPSA) is 87.3 Å². The first kappa shape index (κ1) is 18.3. The number of guanidine groups is 1. The van der Waals surface area contributed by atoms with Crippen molar-refractivity contribution in [3.8, 4) is 23.0 Å². The first-order chi connectivity index (χ1) is 12.1. The molecule has 134 valence electrons. The van der Waals surface area contributed by atoms with Crippen LogP contribution in [0.4, 0.5) is 5.69 Å². The van der Waals surface area contributed by atoms with E-state index in [-0.39, 0.29) is 0 Å². The molecule has 0 radical (unpaired) electrons. The van der Waals surface area contributed by atoms with E-state index in [1.165, 1.54) is 0 Å². The van der Waals surface area contributed by atoms with Crippen LogP contribution < -0.4 is 30.0 Å². The Morgan fingerprint density at radius 2 is 1.40 bits per heavy atom. The molecule has 0 heterocycles. The van der Waals surface area contributed by atoms with E-state index in [0.29, 0.717) is 35.5 Å². The van der Waals surface area contributed by atoms with Gasteiger partial charge in [0.15, 0.2) is 29.0 Å². The maximum atomic E-state index is 5.95. The van der Waals surface area contributed by atoms with Crippen LogP contribution in [0, 0.1) is 0 Å². The second-order valence-electron chi connectivity index (χ2n) is 5.09. The van der Waals surface area contributed by atoms with Crippen LogP contribution in [0.5, 0.6) is 23.0 Å². The largest absolute Gasteiger partial charge is 0.493 e. The van der Waals surface area contributed by atoms with Crippen molar-refractivity contribution in [2.24, 2.45) is 10.7 Å². The summed E-state index contributed by atoms with van der Waals surface area (Å²) in [5.74, 6) is 2.88. The molecule has 0 bridgehead atoms. The van der Waals surface area contributed by atoms with Crippen LogP contribution in [-0.4, -0.2) is 34.4 Å². The predicted octanol–water partition coefficient (Wildman–Crippen LogP) is 2.65. The van der Waals surface area contributed by atoms with Gasteiger partial charge in [-0.2, -0.15) is 0 Å². The minimum atomic E-state index is 0.294. The van der Waals surface area contributed by atoms with E-state index in [1.54, 1.807) is 40.6 Å². The van der Waals surface area contributed by atoms with E-state index in [9.17, 15) is 0 Å². The summed E-state index contributed by atoms with van der Waals surface area (Å²) in [5.41, 5.74) is 7.66. The molecule has 0 saturated heterocycles. The number of nitrogens with two attached hydrogens (primary N) is 1. The lowest BCUT2D eigenvalue weighted by molar-refractivity contribution is 0.354. The molecule has 0 amide bonds. The molecule has 2 aromatic rings. The van der Waals surface area contributed by atoms with Gasteiger partial charge in [0.1, 0.15) is 0 Å². The Balaban J connectivity index is 2.07. The monoisotopic (exact) mass is 345 g/mol. The fourth-order valence-electron chi connectivity index (χ4n) is 2.26. The molecule has 0 unspecified atom stereocenters. The summed E-state index contributed by atoms with van der Waals surface area (Å²) in [5, 5.41) is 3.03. The zero-order chi connectivity index (χ0) is 18.2. The molecule has 3 N–H and O–H groups in total. The Labute approximate surface area is 147 Å². The molecule has 25 heavy (non-hydrogen) atoms. The van der Waals surface area contributed by atoms with Crippen molar-refractivity contribution >= 4 is 11.6 Å². The lowest BCUT2D eigenvalue weighted by Gasteiger charge is -2.11. The van der Waals surface area contributed by atoms with Gasteiger partial charge in [0.25, 0.3) is 0 Å². The summed E-state index contributed by atoms with van der Waals surface area (Å²) in [7, 11) is 6.36. The molecule has 7 nitrogen and oxygen atoms in total. The number of rotatable bonds is 7. The first-order valence-corrected chi connectivity index (χ1v) is 7.61. The number of aliphatic imine (C=N–C) groups is 1. The van der Waals surface area contributed by atoms with E-state index in [4.69, 9.17) is 24.7 Å². The lowest BCUT2D eigenvalue weighted by atomic mass is 10.2. The number of ether oxygens (including phenoxy) is 4. The van der Waals surface area contributed by atoms with E-state index >= 15 is 0 Å². The van der Waals surface area contributed by atoms with Gasteiger partial charge in [-0.15, -0.1) is 0 Å². The Morgan fingerprint density at radius 1 is 0.840 bits per heavy atom. The first-order valence-electron chi connectivity index (χ1n) is 7.61. The Morgan fingerprint density at radius 3 is 2.00 bits per heavy atom. The molecule has 0 spiro atoms. The van der Waals surface area contributed by atoms with Crippen molar-refractivity contribution in [3.05, 3.63) is 42.0 Å². The van der Waals surface area contributed by atoms with Crippen molar-refractivity contribution in [1.82, 2.24) is 0 Å². The minimum Gasteiger partial charge on any atom is -0.493 e. The molecule has 0 aliphatic rings. The van der Waals surface area contributed by atoms with Gasteiger partial charge < -0.3 is 30.0 Å². The fraction of sp³-hybridized carbons (Fsp3) is 0.278. The summed E-state index contributed by atoms with van der Waals surface area (Å²) in [6.45, 7) is 0.409. The van der Waals surface area contributed by atoms with Crippen LogP contribution in [0.25, 0.3) is 0 Å². The van der Waals surface area contributed by atoms with E-state index < -0.39 is 0 Å². The van der Waals surface area contributed by atoms with Gasteiger partial charge in [-0.05, 0) is 29.8 Å². The van der Waals surface area contributed by atoms with Crippen LogP contribution in [0.15, 0.2) is 41.4 Å². The number of hydrogen-bond donors (Lipinski definition) is 2. The van der Waals surface area contributed by atoms with Crippen molar-refractivity contribution in [3.63, 3.8) is 0 Å². The number of nitrogens with zero attached hydrogens (tertiary/aromatic N) is 1. The fourth-order valence-corrected chi connectivity index (χ4v) is 2.26. The summed E-state index contributed by atoms with van der Waals surface area (Å²) >= 11 is 0. The molecule has 0 saturated carbocycles. The van der Waals surface area contributed by atoms with Gasteiger partial charge >= 0.3 is 0 Å². The zero-order valence-corrected chi connectivity index (χ0v) is 14.8. The summed E-state index contributed by atoms with van der Waals surface area (Å²) < 4.78 is 21.0. The van der Waals surface area contributed by atoms with Crippen molar-refractivity contribution in [2.45, 2.75) is 6.54 Å². The molecule has 0 atom stereocenters. The SMILES string of the molecule is COc1ccc(CN=C(N)Nc2ccc(OC)c(OC)c2)cc1OC. The second-order valence-corrected chi connectivity index (χ2v) is 5.09. The third-order valence-corrected chi connectivity index (χ3v) is 3.54. The zero-order valence-electron chi connectivity index (χ0n) is 14.8. The van der Waals surface area contributed by atoms with Gasteiger partial charge in [-0.1, -0.05) is 6.07 Å². The van der Waals surface area contributed by atoms with Crippen molar-refractivity contribution in [2.75, 3.05) is 33.8 Å². The second kappa shape index (κ2) is 8.68. The number of methoxy groups -OCH3 is 4. The highest BCUT2D eigenvalue weighted by atomic mass is 16.5. The summed E-state index contributed by atoms with van der Waals surface area (Å²) in [4.78, 5) is 4.33. The number of nitrogens with one attached hydrogen (secondary N) is 1. The molecular weight excluding hydrogens is 322 g/mol. The molecule has 0 aliphatic heterocycles. The standard InChI is InChI=1S/C18H23N3O4/c1-22-14-7-5-12(9-16(14)24-3)11-20-18(19)21-13-6-8-15(23-2)17(10-13)25-4/h5-10H,11H2,1-4H3,(H3,19,20,21). The van der Waals surface area contributed by atoms with Gasteiger partial charge in [0.2, 0.25) is 0 Å². The van der Waals surface area contributed by atoms with Crippen LogP contribution >= 0.6 is 0 Å². The van der Waals surface area contributed by atoms with E-state index in [0.717, 1.165) is 11.3 Å². The number of hydrogen-bond acceptors (Lipinski definition) is 5. The molecule has 7 heteroatoms. The smallest absolute Gasteiger partial charge is 0.193 e. The van der Waals surface area contributed by atoms with Crippen LogP contribution in [-0.2, 0) is 6.54 Å². The van der Waals surface area contributed by atoms with Crippen LogP contribution in [0.2, 0.25) is 0 Å². The third-order valence-electron chi connectivity index (χ3n) is 3.54. The third kappa shape index (κ3) is 4.69. The maximum absolute atomic E-state index is 5.95. The molecule has 2 rings (SSSR count). The molecule has 0 aromatic heterocycles. The molecule has 2 aromatic carbocycles. The van der Waals surface area contributed by atoms with Crippen molar-refractivity contribution < 1.29 is 18.9 Å². The highest BCUT2D eigenvalue weighted by Gasteiger charge is 2.06. The van der Waals surface area contributed by atoms with Crippen LogP contribution in [0.1, 0.15) is 5.56 Å². The van der Waals surface area contributed by atoms with Crippen LogP contribution in [0.3, 0.4) is 0 Å². The van der Waals surface area contributed by atoms with E-state index in [2.05, 4.69) is 10.3 Å². The molecule has 0 aliphatic carbocycles. The highest BCUT2D eigenvalue weighted by Crippen LogP contribution is 2.30. The quantitative estimate of drug-likeness (QED) is 0.592. The number of benzene rings is 2. The maximum Gasteiger partial charge on any atom is 0.193 e. The number of anilines is 1. The summed E-state index contributed by atoms with van der Waals surface area (Å²) in [6.07, 6.45) is 0. The highest BCUT2D eigenvalue weighted by molar-refractivity contribution is 5.92.